The van der Waals surface area contributed by atoms with Crippen LogP contribution in [-0.4, -0.2) is 37.4 Å². The minimum atomic E-state index is -0.296. The first-order valence-corrected chi connectivity index (χ1v) is 6.38. The van der Waals surface area contributed by atoms with Crippen LogP contribution in [0.5, 0.6) is 11.5 Å². The summed E-state index contributed by atoms with van der Waals surface area (Å²) in [4.78, 5) is 12.0. The highest BCUT2D eigenvalue weighted by Crippen LogP contribution is 2.23. The first kappa shape index (κ1) is 13.7. The number of phenolic OH excluding ortho intramolecular Hbond substituents is 1. The Morgan fingerprint density at radius 1 is 1.58 bits per heavy atom. The second-order valence-corrected chi connectivity index (χ2v) is 4.72. The normalized spacial score (nSPS) is 22.2. The van der Waals surface area contributed by atoms with Crippen molar-refractivity contribution in [3.05, 3.63) is 23.8 Å². The van der Waals surface area contributed by atoms with Gasteiger partial charge in [0.15, 0.2) is 0 Å². The Morgan fingerprint density at radius 2 is 2.37 bits per heavy atom. The summed E-state index contributed by atoms with van der Waals surface area (Å²) in [6, 6.07) is 4.59. The van der Waals surface area contributed by atoms with Crippen LogP contribution in [0.25, 0.3) is 0 Å². The highest BCUT2D eigenvalue weighted by atomic mass is 16.5. The fourth-order valence-corrected chi connectivity index (χ4v) is 2.19. The molecular weight excluding hydrogens is 246 g/mol. The Kier molecular flexibility index (Phi) is 4.27. The molecule has 0 aromatic heterocycles. The number of methoxy groups -OCH3 is 1. The molecule has 19 heavy (non-hydrogen) atoms. The smallest absolute Gasteiger partial charge is 0.255 e. The number of rotatable bonds is 4. The number of hydrogen-bond donors (Lipinski definition) is 2. The zero-order valence-corrected chi connectivity index (χ0v) is 11.2. The average Bonchev–Trinajstić information content (AvgIpc) is 2.82. The standard InChI is InChI=1S/C14H19NO4/c1-9-10(5-6-19-9)8-15-14(17)12-7-11(18-2)3-4-13(12)16/h3-4,7,9-10,16H,5-6,8H2,1-2H3,(H,15,17). The van der Waals surface area contributed by atoms with Crippen molar-refractivity contribution in [1.29, 1.82) is 0 Å². The number of benzene rings is 1. The summed E-state index contributed by atoms with van der Waals surface area (Å²) >= 11 is 0. The molecule has 1 heterocycles. The van der Waals surface area contributed by atoms with Crippen molar-refractivity contribution in [1.82, 2.24) is 5.32 Å². The van der Waals surface area contributed by atoms with Gasteiger partial charge in [0.2, 0.25) is 0 Å². The van der Waals surface area contributed by atoms with E-state index >= 15 is 0 Å². The number of aromatic hydroxyl groups is 1. The molecule has 0 bridgehead atoms. The fraction of sp³-hybridized carbons (Fsp3) is 0.500. The summed E-state index contributed by atoms with van der Waals surface area (Å²) in [5.74, 6) is 0.529. The third-order valence-corrected chi connectivity index (χ3v) is 3.51. The molecule has 2 N–H and O–H groups in total. The van der Waals surface area contributed by atoms with Crippen LogP contribution in [0.3, 0.4) is 0 Å². The van der Waals surface area contributed by atoms with E-state index < -0.39 is 0 Å². The van der Waals surface area contributed by atoms with Crippen LogP contribution in [-0.2, 0) is 4.74 Å². The number of hydrogen-bond acceptors (Lipinski definition) is 4. The van der Waals surface area contributed by atoms with E-state index in [1.807, 2.05) is 6.92 Å². The maximum Gasteiger partial charge on any atom is 0.255 e. The van der Waals surface area contributed by atoms with Crippen molar-refractivity contribution in [2.24, 2.45) is 5.92 Å². The van der Waals surface area contributed by atoms with Gasteiger partial charge in [-0.2, -0.15) is 0 Å². The van der Waals surface area contributed by atoms with Crippen LogP contribution >= 0.6 is 0 Å². The molecule has 2 unspecified atom stereocenters. The molecular formula is C14H19NO4. The molecule has 0 aliphatic carbocycles. The summed E-state index contributed by atoms with van der Waals surface area (Å²) in [6.07, 6.45) is 1.12. The van der Waals surface area contributed by atoms with Crippen molar-refractivity contribution >= 4 is 5.91 Å². The Hall–Kier alpha value is -1.75. The SMILES string of the molecule is COc1ccc(O)c(C(=O)NCC2CCOC2C)c1. The van der Waals surface area contributed by atoms with Crippen LogP contribution in [0.1, 0.15) is 23.7 Å². The van der Waals surface area contributed by atoms with E-state index in [0.29, 0.717) is 18.2 Å². The van der Waals surface area contributed by atoms with Gasteiger partial charge < -0.3 is 19.9 Å². The Morgan fingerprint density at radius 3 is 3.00 bits per heavy atom. The van der Waals surface area contributed by atoms with Gasteiger partial charge in [0, 0.05) is 19.1 Å². The fourth-order valence-electron chi connectivity index (χ4n) is 2.19. The summed E-state index contributed by atoms with van der Waals surface area (Å²) < 4.78 is 10.5. The number of carbonyl (C=O) groups is 1. The van der Waals surface area contributed by atoms with Crippen molar-refractivity contribution in [2.75, 3.05) is 20.3 Å². The topological polar surface area (TPSA) is 67.8 Å². The molecule has 0 radical (unpaired) electrons. The molecule has 1 amide bonds. The quantitative estimate of drug-likeness (QED) is 0.867. The first-order valence-electron chi connectivity index (χ1n) is 6.38. The second kappa shape index (κ2) is 5.93. The van der Waals surface area contributed by atoms with E-state index in [-0.39, 0.29) is 23.3 Å². The minimum Gasteiger partial charge on any atom is -0.507 e. The van der Waals surface area contributed by atoms with Gasteiger partial charge in [-0.05, 0) is 31.5 Å². The van der Waals surface area contributed by atoms with Crippen molar-refractivity contribution in [3.8, 4) is 11.5 Å². The molecule has 1 fully saturated rings. The van der Waals surface area contributed by atoms with E-state index in [2.05, 4.69) is 5.32 Å². The molecule has 2 rings (SSSR count). The maximum atomic E-state index is 12.0. The molecule has 1 aromatic rings. The van der Waals surface area contributed by atoms with Gasteiger partial charge in [-0.1, -0.05) is 0 Å². The lowest BCUT2D eigenvalue weighted by Crippen LogP contribution is -2.32. The molecule has 2 atom stereocenters. The Bertz CT molecular complexity index is 461. The molecule has 5 nitrogen and oxygen atoms in total. The third kappa shape index (κ3) is 3.17. The predicted octanol–water partition coefficient (Wildman–Crippen LogP) is 1.56. The molecule has 1 aliphatic heterocycles. The van der Waals surface area contributed by atoms with Gasteiger partial charge in [-0.15, -0.1) is 0 Å². The van der Waals surface area contributed by atoms with Gasteiger partial charge in [-0.25, -0.2) is 0 Å². The van der Waals surface area contributed by atoms with Gasteiger partial charge in [-0.3, -0.25) is 4.79 Å². The van der Waals surface area contributed by atoms with E-state index in [9.17, 15) is 9.90 Å². The molecule has 0 spiro atoms. The van der Waals surface area contributed by atoms with Gasteiger partial charge in [0.1, 0.15) is 11.5 Å². The Balaban J connectivity index is 1.99. The summed E-state index contributed by atoms with van der Waals surface area (Å²) in [5, 5.41) is 12.5. The summed E-state index contributed by atoms with van der Waals surface area (Å²) in [6.45, 7) is 3.30. The number of amides is 1. The summed E-state index contributed by atoms with van der Waals surface area (Å²) in [7, 11) is 1.52. The van der Waals surface area contributed by atoms with Crippen LogP contribution in [0.4, 0.5) is 0 Å². The van der Waals surface area contributed by atoms with E-state index in [0.717, 1.165) is 13.0 Å². The first-order chi connectivity index (χ1) is 9.11. The van der Waals surface area contributed by atoms with Gasteiger partial charge in [0.25, 0.3) is 5.91 Å². The molecule has 1 saturated heterocycles. The highest BCUT2D eigenvalue weighted by molar-refractivity contribution is 5.97. The monoisotopic (exact) mass is 265 g/mol. The van der Waals surface area contributed by atoms with E-state index in [1.165, 1.54) is 19.2 Å². The number of carbonyl (C=O) groups excluding carboxylic acids is 1. The molecule has 1 aromatic carbocycles. The lowest BCUT2D eigenvalue weighted by Gasteiger charge is -2.15. The number of phenols is 1. The highest BCUT2D eigenvalue weighted by Gasteiger charge is 2.25. The van der Waals surface area contributed by atoms with Crippen LogP contribution in [0.15, 0.2) is 18.2 Å². The molecule has 0 saturated carbocycles. The lowest BCUT2D eigenvalue weighted by molar-refractivity contribution is 0.0905. The van der Waals surface area contributed by atoms with Crippen molar-refractivity contribution in [2.45, 2.75) is 19.4 Å². The Labute approximate surface area is 112 Å². The molecule has 1 aliphatic rings. The zero-order valence-electron chi connectivity index (χ0n) is 11.2. The zero-order chi connectivity index (χ0) is 13.8. The maximum absolute atomic E-state index is 12.0. The predicted molar refractivity (Wildman–Crippen MR) is 70.5 cm³/mol. The summed E-state index contributed by atoms with van der Waals surface area (Å²) in [5.41, 5.74) is 0.228. The van der Waals surface area contributed by atoms with E-state index in [4.69, 9.17) is 9.47 Å². The van der Waals surface area contributed by atoms with Gasteiger partial charge >= 0.3 is 0 Å². The lowest BCUT2D eigenvalue weighted by atomic mass is 10.0. The number of nitrogens with one attached hydrogen (secondary N) is 1. The third-order valence-electron chi connectivity index (χ3n) is 3.51. The van der Waals surface area contributed by atoms with E-state index in [1.54, 1.807) is 6.07 Å². The van der Waals surface area contributed by atoms with Crippen LogP contribution in [0, 0.1) is 5.92 Å². The number of ether oxygens (including phenoxy) is 2. The average molecular weight is 265 g/mol. The molecule has 104 valence electrons. The second-order valence-electron chi connectivity index (χ2n) is 4.72. The largest absolute Gasteiger partial charge is 0.507 e. The van der Waals surface area contributed by atoms with Crippen LogP contribution < -0.4 is 10.1 Å². The van der Waals surface area contributed by atoms with Crippen molar-refractivity contribution < 1.29 is 19.4 Å². The van der Waals surface area contributed by atoms with Crippen molar-refractivity contribution in [3.63, 3.8) is 0 Å². The minimum absolute atomic E-state index is 0.0472. The van der Waals surface area contributed by atoms with Gasteiger partial charge in [0.05, 0.1) is 18.8 Å². The molecule has 5 heteroatoms. The van der Waals surface area contributed by atoms with Crippen LogP contribution in [0.2, 0.25) is 0 Å².